The molecule has 10 rings (SSSR count). The van der Waals surface area contributed by atoms with E-state index in [2.05, 4.69) is 60.2 Å². The lowest BCUT2D eigenvalue weighted by Gasteiger charge is -2.29. The standard InChI is InChI=1S/C32H10F28N4.C20H14N4/c33-21(34,25(41,42)29(49,50)51)17-9-1-2-10(61-9)18(22(35,36)26(43,44)30(52,53)54)12-5-6-14(63-12)20(24(39,40)28(47,48)32(58,59)60)16-8-7-15(64-16)19(13-4-3-11(17)62-13)23(37,38)27(45,46)31(55,56)57;1-2-14-10-16-5-6-18(23-16)12-20-8-7-19(24-20)11-17-4-3-15(22-17)9-13(1)21-14/h1-8,61-62H;1-12,21-22H. The Hall–Kier alpha value is -8.76. The molecule has 4 aliphatic rings. The second kappa shape index (κ2) is 20.4. The van der Waals surface area contributed by atoms with E-state index in [1.165, 1.54) is 0 Å². The number of fused-ring (bicyclic) bond motifs is 16. The molecule has 8 nitrogen and oxygen atoms in total. The number of hydrogen-bond donors (Lipinski definition) is 4. The molecule has 4 N–H and O–H groups in total. The van der Waals surface area contributed by atoms with Crippen LogP contribution >= 0.6 is 0 Å². The van der Waals surface area contributed by atoms with Gasteiger partial charge in [-0.25, -0.2) is 19.9 Å². The molecular weight excluding hydrogens is 1270 g/mol. The Labute approximate surface area is 467 Å². The summed E-state index contributed by atoms with van der Waals surface area (Å²) < 4.78 is 402. The van der Waals surface area contributed by atoms with Gasteiger partial charge in [-0.05, 0) is 121 Å². The van der Waals surface area contributed by atoms with Gasteiger partial charge in [0.25, 0.3) is 0 Å². The van der Waals surface area contributed by atoms with Crippen molar-refractivity contribution in [1.82, 2.24) is 39.9 Å². The molecule has 0 aromatic carbocycles. The van der Waals surface area contributed by atoms with Gasteiger partial charge in [0.15, 0.2) is 0 Å². The molecule has 0 saturated heterocycles. The number of alkyl halides is 28. The molecule has 16 bridgehead atoms. The Bertz CT molecular complexity index is 4030. The lowest BCUT2D eigenvalue weighted by molar-refractivity contribution is -0.359. The van der Waals surface area contributed by atoms with E-state index in [-0.39, 0.29) is 0 Å². The van der Waals surface area contributed by atoms with Crippen LogP contribution in [0.4, 0.5) is 123 Å². The molecule has 0 radical (unpaired) electrons. The van der Waals surface area contributed by atoms with E-state index in [9.17, 15) is 87.8 Å². The fourth-order valence-electron chi connectivity index (χ4n) is 8.81. The van der Waals surface area contributed by atoms with Crippen LogP contribution in [0.2, 0.25) is 0 Å². The number of aromatic amines is 4. The fraction of sp³-hybridized carbons (Fsp3) is 0.231. The van der Waals surface area contributed by atoms with Crippen LogP contribution in [0.25, 0.3) is 92.7 Å². The highest BCUT2D eigenvalue weighted by atomic mass is 19.5. The van der Waals surface area contributed by atoms with Crippen molar-refractivity contribution < 1.29 is 123 Å². The van der Waals surface area contributed by atoms with Gasteiger partial charge in [-0.15, -0.1) is 0 Å². The van der Waals surface area contributed by atoms with Crippen molar-refractivity contribution in [3.63, 3.8) is 0 Å². The quantitative estimate of drug-likeness (QED) is 0.113. The number of aromatic nitrogens is 8. The number of rotatable bonds is 8. The molecule has 0 amide bonds. The van der Waals surface area contributed by atoms with Gasteiger partial charge in [0, 0.05) is 22.1 Å². The summed E-state index contributed by atoms with van der Waals surface area (Å²) in [6, 6.07) is 14.6. The van der Waals surface area contributed by atoms with Gasteiger partial charge in [-0.1, -0.05) is 0 Å². The highest BCUT2D eigenvalue weighted by Gasteiger charge is 2.78. The van der Waals surface area contributed by atoms with Crippen molar-refractivity contribution in [3.05, 3.63) is 141 Å². The molecule has 6 aromatic heterocycles. The second-order valence-corrected chi connectivity index (χ2v) is 19.0. The monoisotopic (exact) mass is 1290 g/mol. The first-order valence-corrected chi connectivity index (χ1v) is 23.7. The van der Waals surface area contributed by atoms with Crippen LogP contribution < -0.4 is 0 Å². The van der Waals surface area contributed by atoms with Crippen LogP contribution in [0.15, 0.2) is 72.8 Å². The second-order valence-electron chi connectivity index (χ2n) is 19.0. The molecule has 0 fully saturated rings. The molecule has 36 heteroatoms. The first kappa shape index (κ1) is 63.7. The molecule has 0 saturated carbocycles. The Morgan fingerprint density at radius 3 is 0.761 bits per heavy atom. The van der Waals surface area contributed by atoms with Gasteiger partial charge >= 0.3 is 72.1 Å². The van der Waals surface area contributed by atoms with Crippen LogP contribution in [0.3, 0.4) is 0 Å². The number of hydrogen-bond acceptors (Lipinski definition) is 4. The lowest BCUT2D eigenvalue weighted by atomic mass is 9.98. The lowest BCUT2D eigenvalue weighted by Crippen LogP contribution is -2.50. The van der Waals surface area contributed by atoms with Gasteiger partial charge in [0.1, 0.15) is 0 Å². The summed E-state index contributed by atoms with van der Waals surface area (Å²) in [6.45, 7) is 0. The molecule has 0 spiro atoms. The summed E-state index contributed by atoms with van der Waals surface area (Å²) in [5.41, 5.74) is -23.8. The third kappa shape index (κ3) is 10.5. The van der Waals surface area contributed by atoms with Gasteiger partial charge in [-0.2, -0.15) is 123 Å². The third-order valence-electron chi connectivity index (χ3n) is 13.1. The van der Waals surface area contributed by atoms with Crippen molar-refractivity contribution >= 4 is 92.7 Å². The zero-order valence-electron chi connectivity index (χ0n) is 41.9. The average Bonchev–Trinajstić information content (AvgIpc) is 1.15. The van der Waals surface area contributed by atoms with Crippen molar-refractivity contribution in [2.45, 2.75) is 72.1 Å². The number of nitrogens with one attached hydrogen (secondary N) is 4. The molecule has 88 heavy (non-hydrogen) atoms. The van der Waals surface area contributed by atoms with Crippen LogP contribution in [-0.2, 0) is 23.7 Å². The molecule has 0 aliphatic carbocycles. The van der Waals surface area contributed by atoms with Gasteiger partial charge in [0.2, 0.25) is 0 Å². The summed E-state index contributed by atoms with van der Waals surface area (Å²) in [4.78, 5) is 23.2. The highest BCUT2D eigenvalue weighted by molar-refractivity contribution is 5.85. The van der Waals surface area contributed by atoms with Crippen LogP contribution in [0, 0.1) is 0 Å². The largest absolute Gasteiger partial charge is 0.460 e. The summed E-state index contributed by atoms with van der Waals surface area (Å²) >= 11 is 0. The number of nitrogens with zero attached hydrogens (tertiary/aromatic N) is 4. The summed E-state index contributed by atoms with van der Waals surface area (Å²) in [7, 11) is 0. The Kier molecular flexibility index (Phi) is 14.8. The van der Waals surface area contributed by atoms with Crippen molar-refractivity contribution in [2.24, 2.45) is 0 Å². The van der Waals surface area contributed by atoms with Crippen molar-refractivity contribution in [2.75, 3.05) is 0 Å². The minimum atomic E-state index is -7.52. The maximum Gasteiger partial charge on any atom is 0.460 e. The van der Waals surface area contributed by atoms with E-state index in [1.54, 1.807) is 0 Å². The van der Waals surface area contributed by atoms with E-state index >= 15 is 35.1 Å². The zero-order valence-corrected chi connectivity index (χ0v) is 41.9. The average molecular weight is 1290 g/mol. The van der Waals surface area contributed by atoms with E-state index in [4.69, 9.17) is 0 Å². The first-order valence-electron chi connectivity index (χ1n) is 23.7. The van der Waals surface area contributed by atoms with E-state index in [0.29, 0.717) is 0 Å². The Morgan fingerprint density at radius 2 is 0.466 bits per heavy atom. The zero-order chi connectivity index (χ0) is 65.3. The molecule has 468 valence electrons. The highest BCUT2D eigenvalue weighted by Crippen LogP contribution is 2.59. The van der Waals surface area contributed by atoms with E-state index < -0.39 is 188 Å². The maximum absolute atomic E-state index is 15.6. The molecule has 6 aromatic rings. The van der Waals surface area contributed by atoms with E-state index in [1.807, 2.05) is 42.5 Å². The minimum Gasteiger partial charge on any atom is -0.355 e. The third-order valence-corrected chi connectivity index (χ3v) is 13.1. The molecule has 4 aliphatic heterocycles. The summed E-state index contributed by atoms with van der Waals surface area (Å²) in [6.07, 6.45) is -23.8. The predicted octanol–water partition coefficient (Wildman–Crippen LogP) is 18.5. The van der Waals surface area contributed by atoms with E-state index in [0.717, 1.165) is 54.8 Å². The summed E-state index contributed by atoms with van der Waals surface area (Å²) in [5.74, 6) is -58.2. The topological polar surface area (TPSA) is 115 Å². The smallest absolute Gasteiger partial charge is 0.355 e. The Balaban J connectivity index is 0.000000314. The molecular formula is C52H24F28N8. The van der Waals surface area contributed by atoms with Gasteiger partial charge < -0.3 is 19.9 Å². The Morgan fingerprint density at radius 1 is 0.227 bits per heavy atom. The maximum atomic E-state index is 15.6. The van der Waals surface area contributed by atoms with Crippen LogP contribution in [0.5, 0.6) is 0 Å². The molecule has 0 atom stereocenters. The molecule has 0 unspecified atom stereocenters. The van der Waals surface area contributed by atoms with Crippen molar-refractivity contribution in [1.29, 1.82) is 0 Å². The van der Waals surface area contributed by atoms with Crippen LogP contribution in [-0.4, -0.2) is 88.3 Å². The summed E-state index contributed by atoms with van der Waals surface area (Å²) in [5, 5.41) is 0. The van der Waals surface area contributed by atoms with Crippen LogP contribution in [0.1, 0.15) is 67.8 Å². The fourth-order valence-corrected chi connectivity index (χ4v) is 8.81. The first-order chi connectivity index (χ1) is 40.2. The minimum absolute atomic E-state index is 0.452. The normalized spacial score (nSPS) is 14.9. The number of halogens is 28. The van der Waals surface area contributed by atoms with Gasteiger partial charge in [0.05, 0.1) is 89.9 Å². The predicted molar refractivity (Wildman–Crippen MR) is 257 cm³/mol. The molecule has 10 heterocycles. The van der Waals surface area contributed by atoms with Crippen molar-refractivity contribution in [3.8, 4) is 0 Å². The SMILES string of the molecule is C1=Cc2cc3ccc(cc4ccc(cc5nc(cc1n2)C=C5)[nH]4)[nH]3.FC(F)(F)C(F)(F)C(F)(F)c1c2nc(c(C(F)(F)C(F)(F)C(F)(F)F)c3ccc([nH]3)c(C(F)(F)C(F)(F)C(F)(F)F)c3ccc([nH]3)c(C(F)(F)C(F)(F)C(F)(F)F)c3nc1C=C3)C=C2. The number of H-pyrrole nitrogens is 4. The van der Waals surface area contributed by atoms with Gasteiger partial charge in [-0.3, -0.25) is 0 Å².